The Bertz CT molecular complexity index is 801. The maximum Gasteiger partial charge on any atom is 0.241 e. The summed E-state index contributed by atoms with van der Waals surface area (Å²) in [5.41, 5.74) is 1.36. The summed E-state index contributed by atoms with van der Waals surface area (Å²) in [4.78, 5) is 14.4. The first kappa shape index (κ1) is 21.0. The summed E-state index contributed by atoms with van der Waals surface area (Å²) < 4.78 is 24.0. The summed E-state index contributed by atoms with van der Waals surface area (Å²) in [7, 11) is 3.44. The van der Waals surface area contributed by atoms with Crippen molar-refractivity contribution in [2.75, 3.05) is 26.1 Å². The molecule has 0 aliphatic carbocycles. The molecule has 0 aromatic heterocycles. The minimum atomic E-state index is -0.451. The lowest BCUT2D eigenvalue weighted by molar-refractivity contribution is -0.120. The van der Waals surface area contributed by atoms with Crippen molar-refractivity contribution in [3.63, 3.8) is 0 Å². The van der Waals surface area contributed by atoms with Gasteiger partial charge in [-0.05, 0) is 56.8 Å². The van der Waals surface area contributed by atoms with E-state index in [1.807, 2.05) is 37.1 Å². The fraction of sp³-hybridized carbons (Fsp3) is 0.350. The molecule has 0 fully saturated rings. The number of likely N-dealkylation sites (N-methyl/N-ethyl adjacent to an activating group) is 1. The molecule has 2 aromatic rings. The molecule has 0 aliphatic heterocycles. The molecule has 27 heavy (non-hydrogen) atoms. The van der Waals surface area contributed by atoms with Gasteiger partial charge in [-0.2, -0.15) is 0 Å². The third-order valence-electron chi connectivity index (χ3n) is 4.19. The molecular weight excluding hydrogens is 371 g/mol. The van der Waals surface area contributed by atoms with Crippen LogP contribution in [0, 0.1) is 5.82 Å². The smallest absolute Gasteiger partial charge is 0.241 e. The van der Waals surface area contributed by atoms with Crippen LogP contribution in [-0.2, 0) is 11.3 Å². The molecule has 0 unspecified atom stereocenters. The van der Waals surface area contributed by atoms with Gasteiger partial charge in [-0.15, -0.1) is 0 Å². The topological polar surface area (TPSA) is 50.8 Å². The summed E-state index contributed by atoms with van der Waals surface area (Å²) >= 11 is 5.97. The average Bonchev–Trinajstić information content (AvgIpc) is 2.64. The molecule has 1 amide bonds. The van der Waals surface area contributed by atoms with Gasteiger partial charge in [0.1, 0.15) is 5.82 Å². The number of hydrogen-bond donors (Lipinski definition) is 1. The van der Waals surface area contributed by atoms with Crippen molar-refractivity contribution in [1.29, 1.82) is 0 Å². The second kappa shape index (κ2) is 9.58. The normalized spacial score (nSPS) is 12.0. The molecule has 7 heteroatoms. The highest BCUT2D eigenvalue weighted by Gasteiger charge is 2.20. The van der Waals surface area contributed by atoms with Crippen molar-refractivity contribution in [3.8, 4) is 11.5 Å². The van der Waals surface area contributed by atoms with Crippen LogP contribution in [0.15, 0.2) is 36.4 Å². The van der Waals surface area contributed by atoms with Gasteiger partial charge in [0, 0.05) is 6.54 Å². The number of nitrogens with one attached hydrogen (secondary N) is 1. The molecule has 0 aliphatic rings. The van der Waals surface area contributed by atoms with Crippen molar-refractivity contribution >= 4 is 23.2 Å². The van der Waals surface area contributed by atoms with Gasteiger partial charge in [-0.25, -0.2) is 4.39 Å². The first-order valence-corrected chi connectivity index (χ1v) is 8.99. The van der Waals surface area contributed by atoms with Gasteiger partial charge < -0.3 is 14.8 Å². The third-order valence-corrected chi connectivity index (χ3v) is 4.50. The van der Waals surface area contributed by atoms with Crippen LogP contribution in [0.4, 0.5) is 10.1 Å². The molecule has 0 radical (unpaired) electrons. The van der Waals surface area contributed by atoms with E-state index >= 15 is 0 Å². The molecule has 0 heterocycles. The first-order chi connectivity index (χ1) is 12.8. The van der Waals surface area contributed by atoms with E-state index in [1.54, 1.807) is 14.0 Å². The number of methoxy groups -OCH3 is 1. The van der Waals surface area contributed by atoms with Crippen LogP contribution in [0.1, 0.15) is 19.4 Å². The van der Waals surface area contributed by atoms with Gasteiger partial charge in [-0.3, -0.25) is 9.69 Å². The minimum Gasteiger partial charge on any atom is -0.493 e. The third kappa shape index (κ3) is 5.58. The van der Waals surface area contributed by atoms with E-state index in [4.69, 9.17) is 21.1 Å². The zero-order valence-electron chi connectivity index (χ0n) is 15.9. The van der Waals surface area contributed by atoms with Crippen LogP contribution < -0.4 is 14.8 Å². The van der Waals surface area contributed by atoms with Crippen molar-refractivity contribution in [2.45, 2.75) is 26.4 Å². The molecule has 0 saturated carbocycles. The Hall–Kier alpha value is -2.31. The highest BCUT2D eigenvalue weighted by molar-refractivity contribution is 6.33. The quantitative estimate of drug-likeness (QED) is 0.723. The number of hydrogen-bond acceptors (Lipinski definition) is 4. The molecule has 1 N–H and O–H groups in total. The molecule has 2 aromatic carbocycles. The summed E-state index contributed by atoms with van der Waals surface area (Å²) in [6, 6.07) is 9.12. The van der Waals surface area contributed by atoms with E-state index in [0.29, 0.717) is 30.3 Å². The number of halogens is 2. The van der Waals surface area contributed by atoms with Crippen molar-refractivity contribution in [2.24, 2.45) is 0 Å². The van der Waals surface area contributed by atoms with Gasteiger partial charge in [-0.1, -0.05) is 17.7 Å². The van der Waals surface area contributed by atoms with E-state index in [1.165, 1.54) is 12.1 Å². The summed E-state index contributed by atoms with van der Waals surface area (Å²) in [5, 5.41) is 2.89. The lowest BCUT2D eigenvalue weighted by Gasteiger charge is -2.24. The molecular formula is C20H24ClFN2O3. The summed E-state index contributed by atoms with van der Waals surface area (Å²) in [5.74, 6) is 0.651. The van der Waals surface area contributed by atoms with E-state index in [0.717, 1.165) is 11.6 Å². The number of anilines is 1. The Kier molecular flexibility index (Phi) is 7.45. The molecule has 5 nitrogen and oxygen atoms in total. The van der Waals surface area contributed by atoms with Gasteiger partial charge >= 0.3 is 0 Å². The van der Waals surface area contributed by atoms with Crippen LogP contribution in [0.2, 0.25) is 5.02 Å². The largest absolute Gasteiger partial charge is 0.493 e. The number of benzene rings is 2. The highest BCUT2D eigenvalue weighted by atomic mass is 35.5. The number of carbonyl (C=O) groups is 1. The Morgan fingerprint density at radius 2 is 2.00 bits per heavy atom. The number of carbonyl (C=O) groups excluding carboxylic acids is 1. The SMILES string of the molecule is CCOc1ccc(CN(C)[C@H](C)C(=O)Nc2ccc(F)cc2Cl)cc1OC. The lowest BCUT2D eigenvalue weighted by Crippen LogP contribution is -2.39. The molecule has 1 atom stereocenters. The minimum absolute atomic E-state index is 0.162. The number of nitrogens with zero attached hydrogens (tertiary/aromatic N) is 1. The fourth-order valence-corrected chi connectivity index (χ4v) is 2.75. The van der Waals surface area contributed by atoms with Crippen LogP contribution in [-0.4, -0.2) is 37.6 Å². The predicted molar refractivity (Wildman–Crippen MR) is 105 cm³/mol. The predicted octanol–water partition coefficient (Wildman–Crippen LogP) is 4.35. The van der Waals surface area contributed by atoms with Gasteiger partial charge in [0.15, 0.2) is 11.5 Å². The zero-order valence-corrected chi connectivity index (χ0v) is 16.6. The first-order valence-electron chi connectivity index (χ1n) is 8.61. The van der Waals surface area contributed by atoms with Crippen molar-refractivity contribution in [3.05, 3.63) is 52.8 Å². The van der Waals surface area contributed by atoms with Gasteiger partial charge in [0.25, 0.3) is 0 Å². The maximum atomic E-state index is 13.1. The number of rotatable bonds is 8. The fourth-order valence-electron chi connectivity index (χ4n) is 2.54. The molecule has 0 bridgehead atoms. The zero-order chi connectivity index (χ0) is 20.0. The average molecular weight is 395 g/mol. The van der Waals surface area contributed by atoms with Gasteiger partial charge in [0.05, 0.1) is 30.5 Å². The van der Waals surface area contributed by atoms with Crippen LogP contribution >= 0.6 is 11.6 Å². The molecule has 2 rings (SSSR count). The monoisotopic (exact) mass is 394 g/mol. The van der Waals surface area contributed by atoms with Crippen LogP contribution in [0.25, 0.3) is 0 Å². The molecule has 146 valence electrons. The van der Waals surface area contributed by atoms with Crippen LogP contribution in [0.5, 0.6) is 11.5 Å². The van der Waals surface area contributed by atoms with Crippen molar-refractivity contribution < 1.29 is 18.7 Å². The Morgan fingerprint density at radius 3 is 2.63 bits per heavy atom. The second-order valence-corrected chi connectivity index (χ2v) is 6.53. The van der Waals surface area contributed by atoms with E-state index in [-0.39, 0.29) is 10.9 Å². The number of amides is 1. The number of ether oxygens (including phenoxy) is 2. The Balaban J connectivity index is 2.04. The Morgan fingerprint density at radius 1 is 1.26 bits per heavy atom. The summed E-state index contributed by atoms with van der Waals surface area (Å²) in [6.07, 6.45) is 0. The Labute approximate surface area is 164 Å². The molecule has 0 saturated heterocycles. The molecule has 0 spiro atoms. The standard InChI is InChI=1S/C20H24ClFN2O3/c1-5-27-18-9-6-14(10-19(18)26-4)12-24(3)13(2)20(25)23-17-8-7-15(22)11-16(17)21/h6-11,13H,5,12H2,1-4H3,(H,23,25)/t13-/m1/s1. The highest BCUT2D eigenvalue weighted by Crippen LogP contribution is 2.29. The summed E-state index contributed by atoms with van der Waals surface area (Å²) in [6.45, 7) is 4.79. The van der Waals surface area contributed by atoms with Crippen molar-refractivity contribution in [1.82, 2.24) is 4.90 Å². The lowest BCUT2D eigenvalue weighted by atomic mass is 10.1. The maximum absolute atomic E-state index is 13.1. The van der Waals surface area contributed by atoms with E-state index in [2.05, 4.69) is 5.32 Å². The van der Waals surface area contributed by atoms with Gasteiger partial charge in [0.2, 0.25) is 5.91 Å². The van der Waals surface area contributed by atoms with E-state index < -0.39 is 11.9 Å². The van der Waals surface area contributed by atoms with E-state index in [9.17, 15) is 9.18 Å². The van der Waals surface area contributed by atoms with Crippen LogP contribution in [0.3, 0.4) is 0 Å². The second-order valence-electron chi connectivity index (χ2n) is 6.12.